The van der Waals surface area contributed by atoms with Gasteiger partial charge in [0.1, 0.15) is 0 Å². The van der Waals surface area contributed by atoms with Crippen molar-refractivity contribution >= 4 is 45.6 Å². The Morgan fingerprint density at radius 2 is 1.67 bits per heavy atom. The van der Waals surface area contributed by atoms with Crippen LogP contribution in [0.2, 0.25) is 0 Å². The number of aromatic nitrogens is 2. The summed E-state index contributed by atoms with van der Waals surface area (Å²) in [5.41, 5.74) is 8.10. The van der Waals surface area contributed by atoms with Crippen LogP contribution in [-0.4, -0.2) is 22.0 Å². The molecule has 6 rings (SSSR count). The summed E-state index contributed by atoms with van der Waals surface area (Å²) in [6.07, 6.45) is 6.76. The zero-order valence-electron chi connectivity index (χ0n) is 22.3. The molecule has 5 heteroatoms. The zero-order valence-corrected chi connectivity index (χ0v) is 22.3. The molecular weight excluding hydrogens is 482 g/mol. The van der Waals surface area contributed by atoms with Gasteiger partial charge in [-0.15, -0.1) is 0 Å². The number of nitrogens with zero attached hydrogens (tertiary/aromatic N) is 3. The molecule has 0 atom stereocenters. The molecule has 0 aliphatic carbocycles. The quantitative estimate of drug-likeness (QED) is 0.149. The lowest BCUT2D eigenvalue weighted by Gasteiger charge is -2.20. The van der Waals surface area contributed by atoms with Gasteiger partial charge in [0.25, 0.3) is 11.5 Å². The second kappa shape index (κ2) is 9.84. The van der Waals surface area contributed by atoms with Crippen LogP contribution in [-0.2, 0) is 11.2 Å². The predicted molar refractivity (Wildman–Crippen MR) is 160 cm³/mol. The van der Waals surface area contributed by atoms with Gasteiger partial charge < -0.3 is 4.90 Å². The van der Waals surface area contributed by atoms with E-state index in [1.165, 1.54) is 0 Å². The second-order valence-corrected chi connectivity index (χ2v) is 10.2. The lowest BCUT2D eigenvalue weighted by atomic mass is 10.1. The third-order valence-corrected chi connectivity index (χ3v) is 7.55. The van der Waals surface area contributed by atoms with Gasteiger partial charge in [0, 0.05) is 40.8 Å². The maximum Gasteiger partial charge on any atom is 0.255 e. The van der Waals surface area contributed by atoms with Gasteiger partial charge in [-0.1, -0.05) is 60.2 Å². The third-order valence-electron chi connectivity index (χ3n) is 7.55. The monoisotopic (exact) mass is 511 g/mol. The van der Waals surface area contributed by atoms with E-state index < -0.39 is 0 Å². The van der Waals surface area contributed by atoms with Crippen LogP contribution < -0.4 is 10.5 Å². The van der Waals surface area contributed by atoms with E-state index >= 15 is 0 Å². The summed E-state index contributed by atoms with van der Waals surface area (Å²) in [6, 6.07) is 25.7. The van der Waals surface area contributed by atoms with Gasteiger partial charge in [-0.05, 0) is 74.2 Å². The first-order valence-electron chi connectivity index (χ1n) is 13.2. The lowest BCUT2D eigenvalue weighted by molar-refractivity contribution is -0.115. The molecule has 0 saturated carbocycles. The van der Waals surface area contributed by atoms with E-state index in [0.29, 0.717) is 6.54 Å². The molecule has 0 radical (unpaired) electrons. The van der Waals surface area contributed by atoms with Crippen molar-refractivity contribution < 1.29 is 4.79 Å². The SMILES string of the molecule is CC(C)=C(C)C(=O)N1CCc2ccc(-n3c(=O)ccc4cnc5ccc(/C=C/c6ccccc6)cc5c43)cc21. The van der Waals surface area contributed by atoms with Gasteiger partial charge in [0.05, 0.1) is 16.7 Å². The fraction of sp³-hybridized carbons (Fsp3) is 0.147. The maximum atomic E-state index is 13.4. The third kappa shape index (κ3) is 4.46. The summed E-state index contributed by atoms with van der Waals surface area (Å²) in [4.78, 5) is 33.2. The summed E-state index contributed by atoms with van der Waals surface area (Å²) in [5.74, 6) is 0.0145. The highest BCUT2D eigenvalue weighted by molar-refractivity contribution is 6.07. The van der Waals surface area contributed by atoms with Gasteiger partial charge in [-0.3, -0.25) is 19.1 Å². The second-order valence-electron chi connectivity index (χ2n) is 10.2. The standard InChI is InChI=1S/C34H29N3O2/c1-22(2)23(3)34(39)36-18-17-26-12-14-28(20-31(26)36)37-32(38)16-13-27-21-35-30-15-11-25(19-29(30)33(27)37)10-9-24-7-5-4-6-8-24/h4-16,19-21H,17-18H2,1-3H3/b10-9+. The highest BCUT2D eigenvalue weighted by atomic mass is 16.2. The van der Waals surface area contributed by atoms with Gasteiger partial charge in [0.2, 0.25) is 0 Å². The van der Waals surface area contributed by atoms with Crippen LogP contribution in [0.1, 0.15) is 37.5 Å². The van der Waals surface area contributed by atoms with Crippen LogP contribution in [0, 0.1) is 0 Å². The van der Waals surface area contributed by atoms with E-state index in [0.717, 1.165) is 67.4 Å². The average Bonchev–Trinajstić information content (AvgIpc) is 3.39. The Balaban J connectivity index is 1.52. The normalized spacial score (nSPS) is 12.8. The number of allylic oxidation sites excluding steroid dienone is 1. The van der Waals surface area contributed by atoms with Gasteiger partial charge >= 0.3 is 0 Å². The molecule has 0 N–H and O–H groups in total. The molecule has 5 nitrogen and oxygen atoms in total. The Kier molecular flexibility index (Phi) is 6.20. The van der Waals surface area contributed by atoms with Crippen LogP contribution in [0.3, 0.4) is 0 Å². The van der Waals surface area contributed by atoms with Crippen molar-refractivity contribution in [1.82, 2.24) is 9.55 Å². The molecule has 5 aromatic rings. The molecule has 1 aliphatic rings. The molecular formula is C34H29N3O2. The molecule has 3 heterocycles. The van der Waals surface area contributed by atoms with Crippen molar-refractivity contribution in [3.8, 4) is 5.69 Å². The van der Waals surface area contributed by atoms with Gasteiger partial charge in [-0.2, -0.15) is 0 Å². The number of carbonyl (C=O) groups is 1. The summed E-state index contributed by atoms with van der Waals surface area (Å²) in [6.45, 7) is 6.42. The number of benzene rings is 3. The average molecular weight is 512 g/mol. The summed E-state index contributed by atoms with van der Waals surface area (Å²) < 4.78 is 1.75. The predicted octanol–water partition coefficient (Wildman–Crippen LogP) is 6.95. The highest BCUT2D eigenvalue weighted by Gasteiger charge is 2.26. The van der Waals surface area contributed by atoms with E-state index in [1.807, 2.05) is 86.5 Å². The van der Waals surface area contributed by atoms with Crippen molar-refractivity contribution in [1.29, 1.82) is 0 Å². The maximum absolute atomic E-state index is 13.4. The zero-order chi connectivity index (χ0) is 27.1. The Bertz CT molecular complexity index is 1880. The van der Waals surface area contributed by atoms with Crippen molar-refractivity contribution in [3.05, 3.63) is 123 Å². The van der Waals surface area contributed by atoms with E-state index in [4.69, 9.17) is 0 Å². The lowest BCUT2D eigenvalue weighted by Crippen LogP contribution is -2.30. The minimum atomic E-state index is -0.128. The molecule has 0 fully saturated rings. The Morgan fingerprint density at radius 3 is 2.46 bits per heavy atom. The fourth-order valence-corrected chi connectivity index (χ4v) is 5.18. The Morgan fingerprint density at radius 1 is 0.872 bits per heavy atom. The number of rotatable bonds is 4. The van der Waals surface area contributed by atoms with E-state index in [9.17, 15) is 9.59 Å². The number of carbonyl (C=O) groups excluding carboxylic acids is 1. The molecule has 192 valence electrons. The molecule has 0 spiro atoms. The molecule has 0 bridgehead atoms. The summed E-state index contributed by atoms with van der Waals surface area (Å²) >= 11 is 0. The first kappa shape index (κ1) is 24.6. The van der Waals surface area contributed by atoms with Gasteiger partial charge in [0.15, 0.2) is 0 Å². The van der Waals surface area contributed by atoms with Crippen LogP contribution in [0.15, 0.2) is 101 Å². The number of anilines is 1. The molecule has 1 amide bonds. The van der Waals surface area contributed by atoms with Crippen LogP contribution in [0.25, 0.3) is 39.6 Å². The molecule has 1 aliphatic heterocycles. The molecule has 0 saturated heterocycles. The minimum absolute atomic E-state index is 0.0145. The van der Waals surface area contributed by atoms with Crippen molar-refractivity contribution in [2.45, 2.75) is 27.2 Å². The topological polar surface area (TPSA) is 55.2 Å². The van der Waals surface area contributed by atoms with Crippen molar-refractivity contribution in [2.24, 2.45) is 0 Å². The number of amides is 1. The first-order valence-corrected chi connectivity index (χ1v) is 13.2. The molecule has 0 unspecified atom stereocenters. The van der Waals surface area contributed by atoms with Crippen molar-refractivity contribution in [2.75, 3.05) is 11.4 Å². The molecule has 39 heavy (non-hydrogen) atoms. The van der Waals surface area contributed by atoms with Crippen molar-refractivity contribution in [3.63, 3.8) is 0 Å². The number of pyridine rings is 2. The Hall–Kier alpha value is -4.77. The van der Waals surface area contributed by atoms with Crippen LogP contribution >= 0.6 is 0 Å². The Labute approximate surface area is 227 Å². The van der Waals surface area contributed by atoms with E-state index in [2.05, 4.69) is 35.3 Å². The number of hydrogen-bond donors (Lipinski definition) is 0. The highest BCUT2D eigenvalue weighted by Crippen LogP contribution is 2.33. The van der Waals surface area contributed by atoms with E-state index in [1.54, 1.807) is 10.6 Å². The van der Waals surface area contributed by atoms with Crippen LogP contribution in [0.4, 0.5) is 5.69 Å². The summed E-state index contributed by atoms with van der Waals surface area (Å²) in [5, 5.41) is 1.77. The smallest absolute Gasteiger partial charge is 0.255 e. The first-order chi connectivity index (χ1) is 18.9. The van der Waals surface area contributed by atoms with E-state index in [-0.39, 0.29) is 11.5 Å². The fourth-order valence-electron chi connectivity index (χ4n) is 5.18. The van der Waals surface area contributed by atoms with Crippen LogP contribution in [0.5, 0.6) is 0 Å². The molecule has 3 aromatic carbocycles. The summed E-state index contributed by atoms with van der Waals surface area (Å²) in [7, 11) is 0. The molecule has 2 aromatic heterocycles. The number of hydrogen-bond acceptors (Lipinski definition) is 3. The minimum Gasteiger partial charge on any atom is -0.308 e. The largest absolute Gasteiger partial charge is 0.308 e. The number of fused-ring (bicyclic) bond motifs is 4. The van der Waals surface area contributed by atoms with Gasteiger partial charge in [-0.25, -0.2) is 0 Å².